The third-order valence-electron chi connectivity index (χ3n) is 4.51. The van der Waals surface area contributed by atoms with Crippen LogP contribution in [0.4, 0.5) is 0 Å². The summed E-state index contributed by atoms with van der Waals surface area (Å²) in [6.45, 7) is 2.04. The molecule has 0 fully saturated rings. The number of H-pyrrole nitrogens is 1. The summed E-state index contributed by atoms with van der Waals surface area (Å²) >= 11 is 0. The van der Waals surface area contributed by atoms with Crippen LogP contribution in [-0.4, -0.2) is 26.5 Å². The summed E-state index contributed by atoms with van der Waals surface area (Å²) < 4.78 is 1.73. The van der Waals surface area contributed by atoms with Gasteiger partial charge in [0.1, 0.15) is 0 Å². The minimum Gasteiger partial charge on any atom is -0.358 e. The average Bonchev–Trinajstić information content (AvgIpc) is 3.33. The number of ketones is 1. The first kappa shape index (κ1) is 16.8. The maximum absolute atomic E-state index is 12.7. The van der Waals surface area contributed by atoms with Gasteiger partial charge in [-0.3, -0.25) is 9.59 Å². The third-order valence-corrected chi connectivity index (χ3v) is 4.51. The number of nitrogens with zero attached hydrogens (tertiary/aromatic N) is 2. The van der Waals surface area contributed by atoms with E-state index in [4.69, 9.17) is 0 Å². The number of carbonyl (C=O) groups is 2. The highest BCUT2D eigenvalue weighted by atomic mass is 16.2. The Bertz CT molecular complexity index is 1130. The predicted molar refractivity (Wildman–Crippen MR) is 103 cm³/mol. The standard InChI is InChI=1S/C21H18N4O2/c1-14-19(16-8-3-4-9-17(16)24-14)20(26)21(27)22-13-15-7-2-5-10-18(15)25-12-6-11-23-25/h2-12,24H,13H2,1H3,(H,22,27). The van der Waals surface area contributed by atoms with E-state index in [2.05, 4.69) is 15.4 Å². The largest absolute Gasteiger partial charge is 0.358 e. The van der Waals surface area contributed by atoms with Gasteiger partial charge in [0.2, 0.25) is 0 Å². The normalized spacial score (nSPS) is 10.9. The highest BCUT2D eigenvalue weighted by Crippen LogP contribution is 2.22. The summed E-state index contributed by atoms with van der Waals surface area (Å²) in [4.78, 5) is 28.4. The first-order chi connectivity index (χ1) is 13.1. The fourth-order valence-corrected chi connectivity index (χ4v) is 3.23. The number of hydrogen-bond acceptors (Lipinski definition) is 3. The maximum atomic E-state index is 12.7. The van der Waals surface area contributed by atoms with Crippen molar-refractivity contribution in [3.05, 3.63) is 83.8 Å². The minimum atomic E-state index is -0.627. The number of aromatic nitrogens is 3. The number of hydrogen-bond donors (Lipinski definition) is 2. The smallest absolute Gasteiger partial charge is 0.292 e. The third kappa shape index (κ3) is 3.13. The number of aryl methyl sites for hydroxylation is 1. The van der Waals surface area contributed by atoms with Gasteiger partial charge in [0.25, 0.3) is 11.7 Å². The molecule has 134 valence electrons. The van der Waals surface area contributed by atoms with Crippen LogP contribution in [0.15, 0.2) is 67.0 Å². The Kier molecular flexibility index (Phi) is 4.30. The molecule has 2 aromatic carbocycles. The topological polar surface area (TPSA) is 79.8 Å². The summed E-state index contributed by atoms with van der Waals surface area (Å²) in [7, 11) is 0. The fourth-order valence-electron chi connectivity index (χ4n) is 3.23. The second-order valence-corrected chi connectivity index (χ2v) is 6.26. The summed E-state index contributed by atoms with van der Waals surface area (Å²) in [6, 6.07) is 16.9. The molecule has 0 saturated carbocycles. The van der Waals surface area contributed by atoms with E-state index in [1.54, 1.807) is 17.8 Å². The zero-order valence-electron chi connectivity index (χ0n) is 14.8. The van der Waals surface area contributed by atoms with Crippen molar-refractivity contribution in [1.29, 1.82) is 0 Å². The molecule has 2 N–H and O–H groups in total. The van der Waals surface area contributed by atoms with Crippen molar-refractivity contribution in [2.45, 2.75) is 13.5 Å². The molecule has 0 unspecified atom stereocenters. The molecule has 0 aliphatic rings. The number of fused-ring (bicyclic) bond motifs is 1. The molecular formula is C21H18N4O2. The molecule has 0 radical (unpaired) electrons. The highest BCUT2D eigenvalue weighted by Gasteiger charge is 2.22. The number of rotatable bonds is 5. The number of aromatic amines is 1. The molecule has 2 heterocycles. The molecule has 4 rings (SSSR count). The zero-order chi connectivity index (χ0) is 18.8. The fraction of sp³-hybridized carbons (Fsp3) is 0.0952. The number of Topliss-reactive ketones (excluding diaryl/α,β-unsaturated/α-hetero) is 1. The summed E-state index contributed by atoms with van der Waals surface area (Å²) in [5.74, 6) is -1.17. The van der Waals surface area contributed by atoms with E-state index in [0.717, 1.165) is 22.2 Å². The summed E-state index contributed by atoms with van der Waals surface area (Å²) in [6.07, 6.45) is 3.53. The predicted octanol–water partition coefficient (Wildman–Crippen LogP) is 3.16. The molecule has 27 heavy (non-hydrogen) atoms. The van der Waals surface area contributed by atoms with Gasteiger partial charge in [-0.15, -0.1) is 0 Å². The van der Waals surface area contributed by atoms with Crippen molar-refractivity contribution in [2.24, 2.45) is 0 Å². The SMILES string of the molecule is Cc1[nH]c2ccccc2c1C(=O)C(=O)NCc1ccccc1-n1cccn1. The van der Waals surface area contributed by atoms with Crippen LogP contribution >= 0.6 is 0 Å². The van der Waals surface area contributed by atoms with E-state index >= 15 is 0 Å². The second kappa shape index (κ2) is 6.92. The Morgan fingerprint density at radius 2 is 1.85 bits per heavy atom. The Hall–Kier alpha value is -3.67. The van der Waals surface area contributed by atoms with Crippen molar-refractivity contribution >= 4 is 22.6 Å². The Balaban J connectivity index is 1.55. The van der Waals surface area contributed by atoms with E-state index in [-0.39, 0.29) is 6.54 Å². The number of nitrogens with one attached hydrogen (secondary N) is 2. The van der Waals surface area contributed by atoms with Gasteiger partial charge in [-0.2, -0.15) is 5.10 Å². The first-order valence-electron chi connectivity index (χ1n) is 8.63. The van der Waals surface area contributed by atoms with Gasteiger partial charge >= 0.3 is 0 Å². The lowest BCUT2D eigenvalue weighted by Crippen LogP contribution is -2.31. The van der Waals surface area contributed by atoms with Gasteiger partial charge in [-0.25, -0.2) is 4.68 Å². The van der Waals surface area contributed by atoms with E-state index in [0.29, 0.717) is 11.3 Å². The van der Waals surface area contributed by atoms with E-state index in [1.807, 2.05) is 60.8 Å². The van der Waals surface area contributed by atoms with Crippen molar-refractivity contribution < 1.29 is 9.59 Å². The molecule has 0 bridgehead atoms. The van der Waals surface area contributed by atoms with Crippen molar-refractivity contribution in [3.63, 3.8) is 0 Å². The van der Waals surface area contributed by atoms with Gasteiger partial charge in [0.15, 0.2) is 0 Å². The molecule has 0 aliphatic carbocycles. The summed E-state index contributed by atoms with van der Waals surface area (Å²) in [5, 5.41) is 7.72. The van der Waals surface area contributed by atoms with E-state index < -0.39 is 11.7 Å². The molecule has 6 nitrogen and oxygen atoms in total. The van der Waals surface area contributed by atoms with Crippen LogP contribution in [0.3, 0.4) is 0 Å². The summed E-state index contributed by atoms with van der Waals surface area (Å²) in [5.41, 5.74) is 3.68. The molecule has 4 aromatic rings. The minimum absolute atomic E-state index is 0.238. The van der Waals surface area contributed by atoms with E-state index in [9.17, 15) is 9.59 Å². The van der Waals surface area contributed by atoms with Crippen LogP contribution < -0.4 is 5.32 Å². The van der Waals surface area contributed by atoms with Crippen LogP contribution in [0, 0.1) is 6.92 Å². The molecule has 1 amide bonds. The molecule has 6 heteroatoms. The zero-order valence-corrected chi connectivity index (χ0v) is 14.8. The number of para-hydroxylation sites is 2. The van der Waals surface area contributed by atoms with Crippen LogP contribution in [0.25, 0.3) is 16.6 Å². The maximum Gasteiger partial charge on any atom is 0.292 e. The van der Waals surface area contributed by atoms with Crippen molar-refractivity contribution in [2.75, 3.05) is 0 Å². The average molecular weight is 358 g/mol. The van der Waals surface area contributed by atoms with Crippen LogP contribution in [0.2, 0.25) is 0 Å². The Morgan fingerprint density at radius 3 is 2.67 bits per heavy atom. The second-order valence-electron chi connectivity index (χ2n) is 6.26. The number of benzene rings is 2. The van der Waals surface area contributed by atoms with Gasteiger partial charge in [-0.1, -0.05) is 36.4 Å². The quantitative estimate of drug-likeness (QED) is 0.425. The number of carbonyl (C=O) groups excluding carboxylic acids is 2. The van der Waals surface area contributed by atoms with Crippen molar-refractivity contribution in [3.8, 4) is 5.69 Å². The molecule has 0 spiro atoms. The lowest BCUT2D eigenvalue weighted by atomic mass is 10.1. The Morgan fingerprint density at radius 1 is 1.07 bits per heavy atom. The molecule has 2 aromatic heterocycles. The molecule has 0 saturated heterocycles. The lowest BCUT2D eigenvalue weighted by Gasteiger charge is -2.10. The van der Waals surface area contributed by atoms with Gasteiger partial charge in [0, 0.05) is 35.5 Å². The molecule has 0 atom stereocenters. The van der Waals surface area contributed by atoms with Gasteiger partial charge < -0.3 is 10.3 Å². The Labute approximate surface area is 155 Å². The monoisotopic (exact) mass is 358 g/mol. The van der Waals surface area contributed by atoms with Gasteiger partial charge in [0.05, 0.1) is 11.3 Å². The highest BCUT2D eigenvalue weighted by molar-refractivity contribution is 6.45. The van der Waals surface area contributed by atoms with Crippen molar-refractivity contribution in [1.82, 2.24) is 20.1 Å². The first-order valence-corrected chi connectivity index (χ1v) is 8.63. The van der Waals surface area contributed by atoms with Gasteiger partial charge in [-0.05, 0) is 30.7 Å². The van der Waals surface area contributed by atoms with Crippen LogP contribution in [0.1, 0.15) is 21.6 Å². The van der Waals surface area contributed by atoms with E-state index in [1.165, 1.54) is 0 Å². The van der Waals surface area contributed by atoms with Crippen LogP contribution in [-0.2, 0) is 11.3 Å². The number of amides is 1. The molecule has 0 aliphatic heterocycles. The molecular weight excluding hydrogens is 340 g/mol. The lowest BCUT2D eigenvalue weighted by molar-refractivity contribution is -0.117. The van der Waals surface area contributed by atoms with Crippen LogP contribution in [0.5, 0.6) is 0 Å².